The molecule has 3 aromatic rings. The molecule has 35 heavy (non-hydrogen) atoms. The van der Waals surface area contributed by atoms with E-state index in [1.165, 1.54) is 19.2 Å². The molecule has 5 nitrogen and oxygen atoms in total. The Kier molecular flexibility index (Phi) is 6.61. The molecule has 0 unspecified atom stereocenters. The van der Waals surface area contributed by atoms with Gasteiger partial charge in [0.25, 0.3) is 5.91 Å². The summed E-state index contributed by atoms with van der Waals surface area (Å²) < 4.78 is 46.3. The van der Waals surface area contributed by atoms with Crippen LogP contribution in [0.25, 0.3) is 11.8 Å². The lowest BCUT2D eigenvalue weighted by atomic mass is 10.1. The minimum atomic E-state index is -4.53. The number of hydrogen-bond acceptors (Lipinski definition) is 5. The number of aromatic nitrogens is 1. The number of benzene rings is 2. The van der Waals surface area contributed by atoms with Gasteiger partial charge in [-0.15, -0.1) is 0 Å². The lowest BCUT2D eigenvalue weighted by molar-refractivity contribution is -0.137. The summed E-state index contributed by atoms with van der Waals surface area (Å²) in [6, 6.07) is 13.4. The second kappa shape index (κ2) is 9.35. The van der Waals surface area contributed by atoms with Gasteiger partial charge in [0.1, 0.15) is 0 Å². The molecule has 1 aliphatic heterocycles. The van der Waals surface area contributed by atoms with Crippen molar-refractivity contribution in [2.75, 3.05) is 12.0 Å². The number of rotatable bonds is 4. The molecule has 0 N–H and O–H groups in total. The Morgan fingerprint density at radius 3 is 2.43 bits per heavy atom. The fourth-order valence-corrected chi connectivity index (χ4v) is 5.16. The SMILES string of the molecule is COC(=O)c1cccc(-n2c(C)cc(/C=C3\SC(=S)N(c4cccc(C(F)(F)F)c4)C3=O)c2C)c1. The molecule has 4 rings (SSSR count). The largest absolute Gasteiger partial charge is 0.465 e. The van der Waals surface area contributed by atoms with Crippen LogP contribution in [-0.2, 0) is 15.7 Å². The van der Waals surface area contributed by atoms with Crippen molar-refractivity contribution >= 4 is 51.9 Å². The number of amides is 1. The predicted octanol–water partition coefficient (Wildman–Crippen LogP) is 6.31. The molecule has 0 atom stereocenters. The highest BCUT2D eigenvalue weighted by Crippen LogP contribution is 2.39. The summed E-state index contributed by atoms with van der Waals surface area (Å²) in [5.74, 6) is -0.940. The van der Waals surface area contributed by atoms with E-state index < -0.39 is 23.6 Å². The van der Waals surface area contributed by atoms with Crippen LogP contribution in [0.3, 0.4) is 0 Å². The summed E-state index contributed by atoms with van der Waals surface area (Å²) in [7, 11) is 1.31. The van der Waals surface area contributed by atoms with E-state index in [-0.39, 0.29) is 10.0 Å². The number of thioether (sulfide) groups is 1. The fourth-order valence-electron chi connectivity index (χ4n) is 3.87. The molecule has 2 heterocycles. The Morgan fingerprint density at radius 2 is 1.74 bits per heavy atom. The molecule has 0 spiro atoms. The lowest BCUT2D eigenvalue weighted by Crippen LogP contribution is -2.27. The van der Waals surface area contributed by atoms with Gasteiger partial charge in [-0.2, -0.15) is 13.2 Å². The van der Waals surface area contributed by atoms with E-state index in [2.05, 4.69) is 0 Å². The molecule has 180 valence electrons. The molecular weight excluding hydrogens is 497 g/mol. The Hall–Kier alpha value is -3.37. The maximum Gasteiger partial charge on any atom is 0.416 e. The zero-order valence-corrected chi connectivity index (χ0v) is 20.5. The normalized spacial score (nSPS) is 15.3. The number of anilines is 1. The summed E-state index contributed by atoms with van der Waals surface area (Å²) in [5.41, 5.74) is 2.79. The van der Waals surface area contributed by atoms with Crippen molar-refractivity contribution in [1.82, 2.24) is 4.57 Å². The first kappa shape index (κ1) is 24.7. The summed E-state index contributed by atoms with van der Waals surface area (Å²) in [6.07, 6.45) is -2.86. The van der Waals surface area contributed by atoms with E-state index in [1.54, 1.807) is 24.3 Å². The average molecular weight is 517 g/mol. The highest BCUT2D eigenvalue weighted by molar-refractivity contribution is 8.27. The number of methoxy groups -OCH3 is 1. The maximum absolute atomic E-state index is 13.1. The predicted molar refractivity (Wildman–Crippen MR) is 134 cm³/mol. The van der Waals surface area contributed by atoms with Gasteiger partial charge in [0, 0.05) is 17.1 Å². The number of carbonyl (C=O) groups is 2. The van der Waals surface area contributed by atoms with E-state index in [4.69, 9.17) is 17.0 Å². The molecule has 0 radical (unpaired) electrons. The van der Waals surface area contributed by atoms with Crippen LogP contribution >= 0.6 is 24.0 Å². The van der Waals surface area contributed by atoms with Gasteiger partial charge in [0.05, 0.1) is 28.8 Å². The number of halogens is 3. The first-order chi connectivity index (χ1) is 16.5. The number of ether oxygens (including phenoxy) is 1. The zero-order valence-electron chi connectivity index (χ0n) is 18.8. The lowest BCUT2D eigenvalue weighted by Gasteiger charge is -2.16. The first-order valence-corrected chi connectivity index (χ1v) is 11.6. The van der Waals surface area contributed by atoms with Crippen molar-refractivity contribution in [3.63, 3.8) is 0 Å². The van der Waals surface area contributed by atoms with Crippen molar-refractivity contribution in [1.29, 1.82) is 0 Å². The third-order valence-corrected chi connectivity index (χ3v) is 6.81. The Labute approximate surface area is 209 Å². The molecule has 1 saturated heterocycles. The van der Waals surface area contributed by atoms with Gasteiger partial charge in [-0.1, -0.05) is 36.1 Å². The standard InChI is InChI=1S/C25H19F3N2O3S2/c1-14-10-17(15(2)29(14)19-8-4-6-16(11-19)23(32)33-3)12-21-22(31)30(24(34)35-21)20-9-5-7-18(13-20)25(26,27)28/h4-13H,1-3H3/b21-12-. The van der Waals surface area contributed by atoms with Crippen molar-refractivity contribution in [3.05, 3.63) is 87.6 Å². The summed E-state index contributed by atoms with van der Waals surface area (Å²) in [4.78, 5) is 26.5. The van der Waals surface area contributed by atoms with Crippen LogP contribution in [-0.4, -0.2) is 27.9 Å². The van der Waals surface area contributed by atoms with E-state index >= 15 is 0 Å². The minimum absolute atomic E-state index is 0.0656. The highest BCUT2D eigenvalue weighted by atomic mass is 32.2. The number of hydrogen-bond donors (Lipinski definition) is 0. The van der Waals surface area contributed by atoms with E-state index in [9.17, 15) is 22.8 Å². The number of carbonyl (C=O) groups excluding carboxylic acids is 2. The minimum Gasteiger partial charge on any atom is -0.465 e. The van der Waals surface area contributed by atoms with Gasteiger partial charge in [-0.25, -0.2) is 4.79 Å². The van der Waals surface area contributed by atoms with Crippen molar-refractivity contribution < 1.29 is 27.5 Å². The topological polar surface area (TPSA) is 51.5 Å². The van der Waals surface area contributed by atoms with Crippen molar-refractivity contribution in [2.45, 2.75) is 20.0 Å². The molecule has 2 aromatic carbocycles. The third-order valence-electron chi connectivity index (χ3n) is 5.51. The van der Waals surface area contributed by atoms with Crippen LogP contribution in [0.15, 0.2) is 59.5 Å². The van der Waals surface area contributed by atoms with Crippen LogP contribution in [0.2, 0.25) is 0 Å². The van der Waals surface area contributed by atoms with Gasteiger partial charge in [0.2, 0.25) is 0 Å². The van der Waals surface area contributed by atoms with Crippen LogP contribution in [0.1, 0.15) is 32.9 Å². The molecular formula is C25H19F3N2O3S2. The molecule has 0 bridgehead atoms. The summed E-state index contributed by atoms with van der Waals surface area (Å²) in [5, 5.41) is 0. The number of nitrogens with zero attached hydrogens (tertiary/aromatic N) is 2. The molecule has 0 saturated carbocycles. The Balaban J connectivity index is 1.69. The van der Waals surface area contributed by atoms with Gasteiger partial charge >= 0.3 is 12.1 Å². The average Bonchev–Trinajstić information content (AvgIpc) is 3.26. The summed E-state index contributed by atoms with van der Waals surface area (Å²) in [6.45, 7) is 3.76. The summed E-state index contributed by atoms with van der Waals surface area (Å²) >= 11 is 6.35. The van der Waals surface area contributed by atoms with Gasteiger partial charge in [-0.3, -0.25) is 9.69 Å². The Morgan fingerprint density at radius 1 is 1.06 bits per heavy atom. The van der Waals surface area contributed by atoms with Crippen molar-refractivity contribution in [3.8, 4) is 5.69 Å². The number of alkyl halides is 3. The van der Waals surface area contributed by atoms with Crippen LogP contribution in [0.5, 0.6) is 0 Å². The van der Waals surface area contributed by atoms with Crippen LogP contribution < -0.4 is 4.90 Å². The molecule has 1 amide bonds. The second-order valence-corrected chi connectivity index (χ2v) is 9.44. The third kappa shape index (κ3) is 4.76. The number of thiocarbonyl (C=S) groups is 1. The monoisotopic (exact) mass is 516 g/mol. The molecule has 0 aliphatic carbocycles. The van der Waals surface area contributed by atoms with Crippen molar-refractivity contribution in [2.24, 2.45) is 0 Å². The first-order valence-electron chi connectivity index (χ1n) is 10.3. The molecule has 1 fully saturated rings. The number of esters is 1. The smallest absolute Gasteiger partial charge is 0.416 e. The fraction of sp³-hybridized carbons (Fsp3) is 0.160. The highest BCUT2D eigenvalue weighted by Gasteiger charge is 2.36. The maximum atomic E-state index is 13.1. The Bertz CT molecular complexity index is 1390. The number of aryl methyl sites for hydroxylation is 1. The van der Waals surface area contributed by atoms with Crippen LogP contribution in [0, 0.1) is 13.8 Å². The second-order valence-electron chi connectivity index (χ2n) is 7.77. The quantitative estimate of drug-likeness (QED) is 0.231. The molecule has 1 aliphatic rings. The van der Waals surface area contributed by atoms with E-state index in [0.29, 0.717) is 10.5 Å². The molecule has 1 aromatic heterocycles. The van der Waals surface area contributed by atoms with Crippen LogP contribution in [0.4, 0.5) is 18.9 Å². The van der Waals surface area contributed by atoms with Gasteiger partial charge < -0.3 is 9.30 Å². The van der Waals surface area contributed by atoms with Gasteiger partial charge in [0.15, 0.2) is 4.32 Å². The van der Waals surface area contributed by atoms with E-state index in [1.807, 2.05) is 30.5 Å². The zero-order chi connectivity index (χ0) is 25.5. The molecule has 10 heteroatoms. The van der Waals surface area contributed by atoms with E-state index in [0.717, 1.165) is 51.4 Å². The van der Waals surface area contributed by atoms with Gasteiger partial charge in [-0.05, 0) is 68.0 Å².